The molecule has 0 fully saturated rings. The fraction of sp³-hybridized carbons (Fsp3) is 0.364. The van der Waals surface area contributed by atoms with Crippen LogP contribution in [-0.4, -0.2) is 30.7 Å². The van der Waals surface area contributed by atoms with E-state index < -0.39 is 11.7 Å². The second-order valence-electron chi connectivity index (χ2n) is 7.38. The molecule has 2 N–H and O–H groups in total. The van der Waals surface area contributed by atoms with Crippen LogP contribution in [0.5, 0.6) is 0 Å². The average molecular weight is 383 g/mol. The van der Waals surface area contributed by atoms with E-state index in [2.05, 4.69) is 29.4 Å². The highest BCUT2D eigenvalue weighted by Gasteiger charge is 2.16. The molecule has 6 heteroatoms. The van der Waals surface area contributed by atoms with Crippen molar-refractivity contribution in [3.8, 4) is 0 Å². The van der Waals surface area contributed by atoms with E-state index in [1.807, 2.05) is 24.3 Å². The van der Waals surface area contributed by atoms with Crippen molar-refractivity contribution in [2.24, 2.45) is 0 Å². The van der Waals surface area contributed by atoms with Gasteiger partial charge in [0.15, 0.2) is 0 Å². The fourth-order valence-corrected chi connectivity index (χ4v) is 2.67. The Hall–Kier alpha value is -3.02. The Bertz CT molecular complexity index is 789. The number of anilines is 3. The summed E-state index contributed by atoms with van der Waals surface area (Å²) in [5.74, 6) is -0.209. The molecule has 150 valence electrons. The van der Waals surface area contributed by atoms with E-state index in [-0.39, 0.29) is 5.91 Å². The Kier molecular flexibility index (Phi) is 7.04. The molecule has 6 nitrogen and oxygen atoms in total. The summed E-state index contributed by atoms with van der Waals surface area (Å²) in [6, 6.07) is 14.4. The molecule has 0 aliphatic rings. The third-order valence-electron chi connectivity index (χ3n) is 4.05. The quantitative estimate of drug-likeness (QED) is 0.725. The second-order valence-corrected chi connectivity index (χ2v) is 7.38. The minimum Gasteiger partial charge on any atom is -0.444 e. The van der Waals surface area contributed by atoms with E-state index in [9.17, 15) is 9.59 Å². The van der Waals surface area contributed by atoms with Crippen molar-refractivity contribution in [1.82, 2.24) is 0 Å². The summed E-state index contributed by atoms with van der Waals surface area (Å²) in [4.78, 5) is 26.5. The van der Waals surface area contributed by atoms with Gasteiger partial charge in [-0.05, 0) is 83.1 Å². The van der Waals surface area contributed by atoms with Crippen LogP contribution >= 0.6 is 0 Å². The third kappa shape index (κ3) is 6.30. The summed E-state index contributed by atoms with van der Waals surface area (Å²) in [6.07, 6.45) is -0.530. The third-order valence-corrected chi connectivity index (χ3v) is 4.05. The molecule has 0 saturated heterocycles. The van der Waals surface area contributed by atoms with E-state index in [0.717, 1.165) is 24.5 Å². The van der Waals surface area contributed by atoms with E-state index in [1.165, 1.54) is 0 Å². The average Bonchev–Trinajstić information content (AvgIpc) is 2.63. The zero-order valence-corrected chi connectivity index (χ0v) is 17.2. The first kappa shape index (κ1) is 21.3. The van der Waals surface area contributed by atoms with Crippen molar-refractivity contribution in [1.29, 1.82) is 0 Å². The topological polar surface area (TPSA) is 70.7 Å². The van der Waals surface area contributed by atoms with Crippen molar-refractivity contribution in [2.75, 3.05) is 28.6 Å². The molecule has 0 aliphatic heterocycles. The summed E-state index contributed by atoms with van der Waals surface area (Å²) < 4.78 is 5.21. The van der Waals surface area contributed by atoms with E-state index in [4.69, 9.17) is 4.74 Å². The Balaban J connectivity index is 1.96. The maximum absolute atomic E-state index is 12.4. The highest BCUT2D eigenvalue weighted by atomic mass is 16.6. The standard InChI is InChI=1S/C22H29N3O3/c1-6-25(7-2)19-14-12-17(13-15-19)23-20(26)16-8-10-18(11-9-16)24-21(27)28-22(3,4)5/h8-15H,6-7H2,1-5H3,(H,23,26)(H,24,27). The van der Waals surface area contributed by atoms with Gasteiger partial charge >= 0.3 is 6.09 Å². The number of hydrogen-bond donors (Lipinski definition) is 2. The lowest BCUT2D eigenvalue weighted by Gasteiger charge is -2.21. The Morgan fingerprint density at radius 1 is 0.857 bits per heavy atom. The summed E-state index contributed by atoms with van der Waals surface area (Å²) >= 11 is 0. The van der Waals surface area contributed by atoms with Crippen LogP contribution in [0.15, 0.2) is 48.5 Å². The van der Waals surface area contributed by atoms with Crippen LogP contribution in [0.25, 0.3) is 0 Å². The molecule has 2 rings (SSSR count). The highest BCUT2D eigenvalue weighted by molar-refractivity contribution is 6.04. The minimum atomic E-state index is -0.565. The smallest absolute Gasteiger partial charge is 0.412 e. The molecule has 0 radical (unpaired) electrons. The molecule has 0 atom stereocenters. The largest absolute Gasteiger partial charge is 0.444 e. The number of benzene rings is 2. The van der Waals surface area contributed by atoms with E-state index in [0.29, 0.717) is 11.3 Å². The van der Waals surface area contributed by atoms with Gasteiger partial charge < -0.3 is 15.0 Å². The number of carbonyl (C=O) groups is 2. The number of rotatable bonds is 6. The lowest BCUT2D eigenvalue weighted by Crippen LogP contribution is -2.27. The van der Waals surface area contributed by atoms with Crippen LogP contribution < -0.4 is 15.5 Å². The van der Waals surface area contributed by atoms with Crippen LogP contribution in [0.2, 0.25) is 0 Å². The maximum atomic E-state index is 12.4. The van der Waals surface area contributed by atoms with Crippen molar-refractivity contribution in [3.63, 3.8) is 0 Å². The van der Waals surface area contributed by atoms with Gasteiger partial charge in [0, 0.05) is 35.7 Å². The molecular formula is C22H29N3O3. The molecule has 2 amide bonds. The molecule has 0 heterocycles. The van der Waals surface area contributed by atoms with E-state index in [1.54, 1.807) is 45.0 Å². The number of nitrogens with zero attached hydrogens (tertiary/aromatic N) is 1. The highest BCUT2D eigenvalue weighted by Crippen LogP contribution is 2.19. The van der Waals surface area contributed by atoms with Crippen LogP contribution in [0, 0.1) is 0 Å². The molecule has 28 heavy (non-hydrogen) atoms. The van der Waals surface area contributed by atoms with Crippen LogP contribution in [0.3, 0.4) is 0 Å². The fourth-order valence-electron chi connectivity index (χ4n) is 2.67. The van der Waals surface area contributed by atoms with Crippen molar-refractivity contribution >= 4 is 29.1 Å². The first-order valence-electron chi connectivity index (χ1n) is 9.48. The number of hydrogen-bond acceptors (Lipinski definition) is 4. The van der Waals surface area contributed by atoms with Gasteiger partial charge in [-0.3, -0.25) is 10.1 Å². The van der Waals surface area contributed by atoms with Gasteiger partial charge in [-0.1, -0.05) is 0 Å². The molecule has 2 aromatic rings. The Morgan fingerprint density at radius 3 is 1.86 bits per heavy atom. The molecule has 0 aliphatic carbocycles. The number of nitrogens with one attached hydrogen (secondary N) is 2. The van der Waals surface area contributed by atoms with Crippen molar-refractivity contribution < 1.29 is 14.3 Å². The van der Waals surface area contributed by atoms with Crippen LogP contribution in [-0.2, 0) is 4.74 Å². The van der Waals surface area contributed by atoms with Gasteiger partial charge in [-0.2, -0.15) is 0 Å². The Morgan fingerprint density at radius 2 is 1.36 bits per heavy atom. The minimum absolute atomic E-state index is 0.209. The second kappa shape index (κ2) is 9.26. The maximum Gasteiger partial charge on any atom is 0.412 e. The molecule has 0 saturated carbocycles. The predicted octanol–water partition coefficient (Wildman–Crippen LogP) is 5.13. The monoisotopic (exact) mass is 383 g/mol. The van der Waals surface area contributed by atoms with Gasteiger partial charge in [-0.25, -0.2) is 4.79 Å². The summed E-state index contributed by atoms with van der Waals surface area (Å²) in [6.45, 7) is 11.5. The molecule has 0 spiro atoms. The van der Waals surface area contributed by atoms with Crippen LogP contribution in [0.4, 0.5) is 21.9 Å². The molecule has 0 unspecified atom stereocenters. The van der Waals surface area contributed by atoms with Crippen molar-refractivity contribution in [2.45, 2.75) is 40.2 Å². The number of carbonyl (C=O) groups excluding carboxylic acids is 2. The molecule has 0 aromatic heterocycles. The normalized spacial score (nSPS) is 10.9. The molecule has 2 aromatic carbocycles. The van der Waals surface area contributed by atoms with Gasteiger partial charge in [0.05, 0.1) is 0 Å². The first-order chi connectivity index (χ1) is 13.2. The molecule has 0 bridgehead atoms. The first-order valence-corrected chi connectivity index (χ1v) is 9.48. The van der Waals surface area contributed by atoms with Gasteiger partial charge in [0.2, 0.25) is 0 Å². The van der Waals surface area contributed by atoms with Gasteiger partial charge in [0.25, 0.3) is 5.91 Å². The SMILES string of the molecule is CCN(CC)c1ccc(NC(=O)c2ccc(NC(=O)OC(C)(C)C)cc2)cc1. The van der Waals surface area contributed by atoms with Gasteiger partial charge in [-0.15, -0.1) is 0 Å². The van der Waals surface area contributed by atoms with Gasteiger partial charge in [0.1, 0.15) is 5.60 Å². The van der Waals surface area contributed by atoms with E-state index >= 15 is 0 Å². The lowest BCUT2D eigenvalue weighted by atomic mass is 10.2. The zero-order chi connectivity index (χ0) is 20.7. The lowest BCUT2D eigenvalue weighted by molar-refractivity contribution is 0.0636. The van der Waals surface area contributed by atoms with Crippen LogP contribution in [0.1, 0.15) is 45.0 Å². The predicted molar refractivity (Wildman–Crippen MR) is 114 cm³/mol. The number of ether oxygens (including phenoxy) is 1. The Labute approximate surface area is 166 Å². The summed E-state index contributed by atoms with van der Waals surface area (Å²) in [7, 11) is 0. The number of amides is 2. The molecular weight excluding hydrogens is 354 g/mol. The van der Waals surface area contributed by atoms with Crippen molar-refractivity contribution in [3.05, 3.63) is 54.1 Å². The zero-order valence-electron chi connectivity index (χ0n) is 17.2. The summed E-state index contributed by atoms with van der Waals surface area (Å²) in [5.41, 5.74) is 2.36. The summed E-state index contributed by atoms with van der Waals surface area (Å²) in [5, 5.41) is 5.53.